The van der Waals surface area contributed by atoms with Crippen molar-refractivity contribution in [3.05, 3.63) is 137 Å². The second-order valence-corrected chi connectivity index (χ2v) is 11.7. The minimum Gasteiger partial charge on any atom is -0.465 e. The Bertz CT molecular complexity index is 1820. The Hall–Kier alpha value is -4.80. The smallest absolute Gasteiger partial charge is 0.325 e. The second-order valence-electron chi connectivity index (χ2n) is 11.3. The van der Waals surface area contributed by atoms with Gasteiger partial charge in [0.15, 0.2) is 0 Å². The highest BCUT2D eigenvalue weighted by Crippen LogP contribution is 2.30. The van der Waals surface area contributed by atoms with Crippen molar-refractivity contribution >= 4 is 34.4 Å². The summed E-state index contributed by atoms with van der Waals surface area (Å²) < 4.78 is 11.1. The number of ether oxygens (including phenoxy) is 2. The first-order chi connectivity index (χ1) is 23.3. The van der Waals surface area contributed by atoms with Crippen LogP contribution in [0.2, 0.25) is 5.02 Å². The van der Waals surface area contributed by atoms with Gasteiger partial charge in [0, 0.05) is 41.3 Å². The first kappa shape index (κ1) is 34.5. The summed E-state index contributed by atoms with van der Waals surface area (Å²) in [5.41, 5.74) is 3.72. The van der Waals surface area contributed by atoms with Crippen molar-refractivity contribution in [2.45, 2.75) is 32.0 Å². The largest absolute Gasteiger partial charge is 0.465 e. The van der Waals surface area contributed by atoms with E-state index in [0.717, 1.165) is 22.1 Å². The van der Waals surface area contributed by atoms with E-state index in [0.29, 0.717) is 47.1 Å². The predicted octanol–water partition coefficient (Wildman–Crippen LogP) is 6.11. The topological polar surface area (TPSA) is 121 Å². The Balaban J connectivity index is 1.27. The molecular weight excluding hydrogens is 630 g/mol. The van der Waals surface area contributed by atoms with E-state index in [1.807, 2.05) is 66.7 Å². The van der Waals surface area contributed by atoms with Crippen LogP contribution in [0, 0.1) is 0 Å². The van der Waals surface area contributed by atoms with Gasteiger partial charge in [0.25, 0.3) is 5.91 Å². The van der Waals surface area contributed by atoms with E-state index in [2.05, 4.69) is 15.2 Å². The lowest BCUT2D eigenvalue weighted by Crippen LogP contribution is -2.41. The van der Waals surface area contributed by atoms with Gasteiger partial charge < -0.3 is 25.0 Å². The van der Waals surface area contributed by atoms with Crippen LogP contribution < -0.4 is 10.1 Å². The molecule has 10 heteroatoms. The van der Waals surface area contributed by atoms with Crippen LogP contribution in [-0.2, 0) is 22.5 Å². The van der Waals surface area contributed by atoms with Crippen LogP contribution in [0.15, 0.2) is 109 Å². The van der Waals surface area contributed by atoms with Crippen molar-refractivity contribution in [3.63, 3.8) is 0 Å². The Morgan fingerprint density at radius 1 is 0.938 bits per heavy atom. The predicted molar refractivity (Wildman–Crippen MR) is 185 cm³/mol. The first-order valence-electron chi connectivity index (χ1n) is 15.7. The Morgan fingerprint density at radius 3 is 2.46 bits per heavy atom. The zero-order valence-electron chi connectivity index (χ0n) is 26.6. The number of halogens is 1. The molecule has 0 bridgehead atoms. The molecule has 1 amide bonds. The van der Waals surface area contributed by atoms with Crippen molar-refractivity contribution in [3.8, 4) is 11.5 Å². The van der Waals surface area contributed by atoms with Crippen LogP contribution in [0.3, 0.4) is 0 Å². The molecule has 48 heavy (non-hydrogen) atoms. The number of esters is 1. The average Bonchev–Trinajstić information content (AvgIpc) is 3.10. The molecule has 9 nitrogen and oxygen atoms in total. The molecule has 3 N–H and O–H groups in total. The molecule has 2 atom stereocenters. The lowest BCUT2D eigenvalue weighted by atomic mass is 10.0. The van der Waals surface area contributed by atoms with Gasteiger partial charge in [-0.15, -0.1) is 0 Å². The molecule has 0 radical (unpaired) electrons. The molecule has 1 aromatic heterocycles. The molecule has 0 aliphatic heterocycles. The minimum atomic E-state index is -0.789. The van der Waals surface area contributed by atoms with Crippen molar-refractivity contribution in [1.29, 1.82) is 0 Å². The van der Waals surface area contributed by atoms with Crippen molar-refractivity contribution < 1.29 is 29.3 Å². The normalized spacial score (nSPS) is 12.4. The number of nitrogens with one attached hydrogen (secondary N) is 1. The number of nitrogens with zero attached hydrogens (tertiary/aromatic N) is 2. The zero-order valence-corrected chi connectivity index (χ0v) is 27.3. The molecule has 5 rings (SSSR count). The summed E-state index contributed by atoms with van der Waals surface area (Å²) in [4.78, 5) is 30.6. The summed E-state index contributed by atoms with van der Waals surface area (Å²) in [5, 5.41) is 25.5. The Kier molecular flexibility index (Phi) is 12.1. The number of hydrogen-bond donors (Lipinski definition) is 3. The summed E-state index contributed by atoms with van der Waals surface area (Å²) >= 11 is 6.18. The monoisotopic (exact) mass is 667 g/mol. The van der Waals surface area contributed by atoms with E-state index in [9.17, 15) is 19.8 Å². The third-order valence-corrected chi connectivity index (χ3v) is 8.12. The van der Waals surface area contributed by atoms with Gasteiger partial charge in [-0.3, -0.25) is 19.5 Å². The molecule has 4 aromatic carbocycles. The molecule has 0 fully saturated rings. The maximum Gasteiger partial charge on any atom is 0.325 e. The van der Waals surface area contributed by atoms with E-state index in [1.165, 1.54) is 0 Å². The first-order valence-corrected chi connectivity index (χ1v) is 16.1. The summed E-state index contributed by atoms with van der Waals surface area (Å²) in [6.07, 6.45) is 1.37. The summed E-state index contributed by atoms with van der Waals surface area (Å²) in [6, 6.07) is 31.4. The molecular formula is C38H38ClN3O6. The molecule has 0 unspecified atom stereocenters. The molecule has 5 aromatic rings. The zero-order chi connectivity index (χ0) is 33.9. The number of carbonyl (C=O) groups excluding carboxylic acids is 2. The maximum absolute atomic E-state index is 12.6. The van der Waals surface area contributed by atoms with Gasteiger partial charge in [0.2, 0.25) is 0 Å². The standard InChI is InChI=1S/C38H38ClN3O6/c1-2-47-37(45)22-41-38(46)29-13-16-33-34(21-29)40-18-17-36(33)48-32-14-11-26(12-15-32)19-31(25-43)42(23-27-7-4-3-5-8-27)24-35(44)28-9-6-10-30(39)20-28/h3-18,20-21,31,35,43-44H,2,19,22-25H2,1H3,(H,41,46)/t31-,35-/m0/s1. The average molecular weight is 668 g/mol. The summed E-state index contributed by atoms with van der Waals surface area (Å²) in [5.74, 6) is 0.274. The number of hydrogen-bond acceptors (Lipinski definition) is 8. The SMILES string of the molecule is CCOC(=O)CNC(=O)c1ccc2c(Oc3ccc(C[C@@H](CO)N(Cc4ccccc4)C[C@H](O)c4cccc(Cl)c4)cc3)ccnc2c1. The van der Waals surface area contributed by atoms with E-state index in [-0.39, 0.29) is 25.8 Å². The molecule has 0 aliphatic carbocycles. The quantitative estimate of drug-likeness (QED) is 0.114. The van der Waals surface area contributed by atoms with Crippen LogP contribution in [-0.4, -0.2) is 64.3 Å². The third kappa shape index (κ3) is 9.39. The number of aliphatic hydroxyl groups is 2. The van der Waals surface area contributed by atoms with Crippen LogP contribution in [0.5, 0.6) is 11.5 Å². The molecule has 0 saturated heterocycles. The van der Waals surface area contributed by atoms with Crippen LogP contribution >= 0.6 is 11.6 Å². The van der Waals surface area contributed by atoms with E-state index < -0.39 is 18.0 Å². The lowest BCUT2D eigenvalue weighted by Gasteiger charge is -2.32. The molecule has 0 saturated carbocycles. The molecule has 1 heterocycles. The number of aromatic nitrogens is 1. The number of aliphatic hydroxyl groups excluding tert-OH is 2. The van der Waals surface area contributed by atoms with E-state index in [4.69, 9.17) is 21.1 Å². The number of carbonyl (C=O) groups is 2. The fraction of sp³-hybridized carbons (Fsp3) is 0.237. The number of benzene rings is 4. The minimum absolute atomic E-state index is 0.0980. The summed E-state index contributed by atoms with van der Waals surface area (Å²) in [6.45, 7) is 2.49. The molecule has 0 spiro atoms. The fourth-order valence-electron chi connectivity index (χ4n) is 5.42. The second kappa shape index (κ2) is 16.9. The van der Waals surface area contributed by atoms with Crippen LogP contribution in [0.4, 0.5) is 0 Å². The van der Waals surface area contributed by atoms with Gasteiger partial charge in [-0.25, -0.2) is 0 Å². The fourth-order valence-corrected chi connectivity index (χ4v) is 5.62. The van der Waals surface area contributed by atoms with Crippen LogP contribution in [0.25, 0.3) is 10.9 Å². The maximum atomic E-state index is 12.6. The van der Waals surface area contributed by atoms with Gasteiger partial charge in [-0.1, -0.05) is 66.2 Å². The number of pyridine rings is 1. The molecule has 248 valence electrons. The van der Waals surface area contributed by atoms with Crippen molar-refractivity contribution in [2.75, 3.05) is 26.3 Å². The Labute approximate surface area is 284 Å². The van der Waals surface area contributed by atoms with Gasteiger partial charge in [-0.2, -0.15) is 0 Å². The highest BCUT2D eigenvalue weighted by atomic mass is 35.5. The number of amides is 1. The highest BCUT2D eigenvalue weighted by molar-refractivity contribution is 6.30. The summed E-state index contributed by atoms with van der Waals surface area (Å²) in [7, 11) is 0. The van der Waals surface area contributed by atoms with Gasteiger partial charge in [0.1, 0.15) is 18.0 Å². The van der Waals surface area contributed by atoms with E-state index in [1.54, 1.807) is 49.5 Å². The molecule has 0 aliphatic rings. The Morgan fingerprint density at radius 2 is 1.73 bits per heavy atom. The van der Waals surface area contributed by atoms with Crippen molar-refractivity contribution in [2.24, 2.45) is 0 Å². The number of fused-ring (bicyclic) bond motifs is 1. The van der Waals surface area contributed by atoms with E-state index >= 15 is 0 Å². The van der Waals surface area contributed by atoms with Gasteiger partial charge in [-0.05, 0) is 78.6 Å². The lowest BCUT2D eigenvalue weighted by molar-refractivity contribution is -0.141. The number of rotatable bonds is 15. The van der Waals surface area contributed by atoms with Crippen LogP contribution in [0.1, 0.15) is 40.1 Å². The third-order valence-electron chi connectivity index (χ3n) is 7.88. The van der Waals surface area contributed by atoms with Crippen molar-refractivity contribution in [1.82, 2.24) is 15.2 Å². The highest BCUT2D eigenvalue weighted by Gasteiger charge is 2.23. The van der Waals surface area contributed by atoms with Gasteiger partial charge in [0.05, 0.1) is 24.8 Å². The van der Waals surface area contributed by atoms with Gasteiger partial charge >= 0.3 is 5.97 Å².